The molecule has 0 amide bonds. The van der Waals surface area contributed by atoms with E-state index in [1.54, 1.807) is 0 Å². The first-order valence-electron chi connectivity index (χ1n) is 12.4. The lowest BCUT2D eigenvalue weighted by atomic mass is 9.92. The van der Waals surface area contributed by atoms with Gasteiger partial charge >= 0.3 is 0 Å². The van der Waals surface area contributed by atoms with E-state index in [9.17, 15) is 0 Å². The van der Waals surface area contributed by atoms with Crippen molar-refractivity contribution in [2.75, 3.05) is 0 Å². The molecule has 4 aromatic carbocycles. The van der Waals surface area contributed by atoms with Crippen molar-refractivity contribution < 1.29 is 2.74 Å². The predicted octanol–water partition coefficient (Wildman–Crippen LogP) is 8.61. The average molecular weight is 433 g/mol. The normalized spacial score (nSPS) is 13.1. The van der Waals surface area contributed by atoms with Gasteiger partial charge in [0.25, 0.3) is 0 Å². The number of hydrogen-bond acceptors (Lipinski definition) is 1. The highest BCUT2D eigenvalue weighted by molar-refractivity contribution is 5.85. The maximum absolute atomic E-state index is 8.95. The van der Waals surface area contributed by atoms with Crippen LogP contribution in [0.2, 0.25) is 0 Å². The van der Waals surface area contributed by atoms with Gasteiger partial charge in [-0.3, -0.25) is 4.57 Å². The lowest BCUT2D eigenvalue weighted by molar-refractivity contribution is 0.811. The van der Waals surface area contributed by atoms with Crippen LogP contribution < -0.4 is 0 Å². The summed E-state index contributed by atoms with van der Waals surface area (Å²) in [6.07, 6.45) is 0. The Balaban J connectivity index is 1.87. The third-order valence-electron chi connectivity index (χ3n) is 6.13. The number of imidazole rings is 1. The van der Waals surface area contributed by atoms with Crippen LogP contribution in [-0.2, 0) is 0 Å². The fourth-order valence-corrected chi connectivity index (χ4v) is 4.51. The minimum Gasteiger partial charge on any atom is -0.292 e. The van der Waals surface area contributed by atoms with Gasteiger partial charge in [0.1, 0.15) is 5.82 Å². The topological polar surface area (TPSA) is 17.8 Å². The third-order valence-corrected chi connectivity index (χ3v) is 6.13. The second kappa shape index (κ2) is 8.71. The largest absolute Gasteiger partial charge is 0.292 e. The highest BCUT2D eigenvalue weighted by Gasteiger charge is 2.21. The molecule has 1 heterocycles. The van der Waals surface area contributed by atoms with E-state index >= 15 is 0 Å². The van der Waals surface area contributed by atoms with Crippen LogP contribution in [-0.4, -0.2) is 9.55 Å². The molecule has 0 fully saturated rings. The molecular formula is C31H30N2. The van der Waals surface area contributed by atoms with Gasteiger partial charge in [-0.1, -0.05) is 107 Å². The van der Waals surface area contributed by atoms with Crippen LogP contribution in [0.4, 0.5) is 0 Å². The van der Waals surface area contributed by atoms with Crippen molar-refractivity contribution in [1.29, 1.82) is 0 Å². The molecule has 2 nitrogen and oxygen atoms in total. The van der Waals surface area contributed by atoms with Crippen molar-refractivity contribution in [1.82, 2.24) is 9.55 Å². The monoisotopic (exact) mass is 432 g/mol. The van der Waals surface area contributed by atoms with Crippen molar-refractivity contribution in [2.24, 2.45) is 0 Å². The highest BCUT2D eigenvalue weighted by atomic mass is 15.1. The van der Waals surface area contributed by atoms with Gasteiger partial charge in [-0.05, 0) is 52.2 Å². The molecule has 2 heteroatoms. The molecular weight excluding hydrogens is 400 g/mol. The standard InChI is InChI=1S/C31H30N2/c1-21(2)26-16-11-17-27(22(3)4)30(26)33-29-19-9-8-18-28(29)32-31(33)25-15-10-14-24(20-25)23-12-6-5-7-13-23/h5-22H,1-4H3/i21D,22D. The Morgan fingerprint density at radius 2 is 1.21 bits per heavy atom. The Hall–Kier alpha value is -3.65. The molecule has 0 saturated heterocycles. The Morgan fingerprint density at radius 1 is 0.636 bits per heavy atom. The Morgan fingerprint density at radius 3 is 1.91 bits per heavy atom. The molecule has 0 unspecified atom stereocenters. The van der Waals surface area contributed by atoms with Crippen molar-refractivity contribution in [3.8, 4) is 28.2 Å². The minimum absolute atomic E-state index is 0.811. The first-order valence-corrected chi connectivity index (χ1v) is 11.4. The molecule has 33 heavy (non-hydrogen) atoms. The van der Waals surface area contributed by atoms with Crippen LogP contribution in [0.15, 0.2) is 97.1 Å². The third kappa shape index (κ3) is 3.87. The van der Waals surface area contributed by atoms with Crippen molar-refractivity contribution >= 4 is 11.0 Å². The molecule has 0 aliphatic heterocycles. The van der Waals surface area contributed by atoms with E-state index in [1.807, 2.05) is 82.3 Å². The summed E-state index contributed by atoms with van der Waals surface area (Å²) in [5, 5.41) is 0. The Kier molecular flexibility index (Phi) is 4.98. The molecule has 0 aliphatic carbocycles. The number of fused-ring (bicyclic) bond motifs is 1. The van der Waals surface area contributed by atoms with Crippen LogP contribution >= 0.6 is 0 Å². The quantitative estimate of drug-likeness (QED) is 0.272. The second-order valence-electron chi connectivity index (χ2n) is 8.91. The smallest absolute Gasteiger partial charge is 0.145 e. The zero-order valence-electron chi connectivity index (χ0n) is 21.6. The summed E-state index contributed by atoms with van der Waals surface area (Å²) in [6.45, 7) is 7.62. The van der Waals surface area contributed by atoms with Gasteiger partial charge in [0.15, 0.2) is 0 Å². The van der Waals surface area contributed by atoms with Gasteiger partial charge in [-0.2, -0.15) is 0 Å². The molecule has 5 rings (SSSR count). The number of benzene rings is 4. The maximum atomic E-state index is 8.95. The van der Waals surface area contributed by atoms with Crippen molar-refractivity contribution in [3.63, 3.8) is 0 Å². The first kappa shape index (κ1) is 18.9. The predicted molar refractivity (Wildman–Crippen MR) is 140 cm³/mol. The number of para-hydroxylation sites is 3. The lowest BCUT2D eigenvalue weighted by Gasteiger charge is -2.22. The average Bonchev–Trinajstić information content (AvgIpc) is 3.22. The molecule has 0 aliphatic rings. The summed E-state index contributed by atoms with van der Waals surface area (Å²) in [6, 6.07) is 32.9. The number of hydrogen-bond donors (Lipinski definition) is 0. The number of rotatable bonds is 5. The SMILES string of the molecule is [2H]C(C)(C)c1cccc(C([2H])(C)C)c1-n1c(-c2cccc(-c3ccccc3)c2)nc2ccccc21. The van der Waals surface area contributed by atoms with E-state index in [1.165, 1.54) is 0 Å². The van der Waals surface area contributed by atoms with E-state index in [4.69, 9.17) is 7.73 Å². The lowest BCUT2D eigenvalue weighted by Crippen LogP contribution is -2.08. The van der Waals surface area contributed by atoms with Gasteiger partial charge in [0.05, 0.1) is 16.7 Å². The summed E-state index contributed by atoms with van der Waals surface area (Å²) in [5.41, 5.74) is 7.75. The molecule has 0 N–H and O–H groups in total. The minimum atomic E-state index is -0.856. The van der Waals surface area contributed by atoms with Gasteiger partial charge in [0, 0.05) is 8.30 Å². The van der Waals surface area contributed by atoms with Crippen molar-refractivity contribution in [2.45, 2.75) is 39.5 Å². The molecule has 0 radical (unpaired) electrons. The molecule has 5 aromatic rings. The van der Waals surface area contributed by atoms with Gasteiger partial charge in [0.2, 0.25) is 0 Å². The van der Waals surface area contributed by atoms with Crippen molar-refractivity contribution in [3.05, 3.63) is 108 Å². The fraction of sp³-hybridized carbons (Fsp3) is 0.194. The van der Waals surface area contributed by atoms with Gasteiger partial charge in [-0.25, -0.2) is 4.98 Å². The van der Waals surface area contributed by atoms with Gasteiger partial charge < -0.3 is 0 Å². The van der Waals surface area contributed by atoms with E-state index in [0.29, 0.717) is 0 Å². The molecule has 0 spiro atoms. The van der Waals surface area contributed by atoms with E-state index in [0.717, 1.165) is 50.4 Å². The van der Waals surface area contributed by atoms with Gasteiger partial charge in [-0.15, -0.1) is 0 Å². The van der Waals surface area contributed by atoms with Crippen LogP contribution in [0, 0.1) is 0 Å². The van der Waals surface area contributed by atoms with E-state index in [-0.39, 0.29) is 0 Å². The Bertz CT molecular complexity index is 1470. The van der Waals surface area contributed by atoms with E-state index in [2.05, 4.69) is 47.0 Å². The van der Waals surface area contributed by atoms with Crippen LogP contribution in [0.25, 0.3) is 39.2 Å². The number of nitrogens with zero attached hydrogens (tertiary/aromatic N) is 2. The first-order chi connectivity index (χ1) is 16.6. The zero-order chi connectivity index (χ0) is 24.8. The second-order valence-corrected chi connectivity index (χ2v) is 8.91. The summed E-state index contributed by atoms with van der Waals surface area (Å²) >= 11 is 0. The fourth-order valence-electron chi connectivity index (χ4n) is 4.51. The summed E-state index contributed by atoms with van der Waals surface area (Å²) < 4.78 is 20.1. The van der Waals surface area contributed by atoms with Crippen LogP contribution in [0.5, 0.6) is 0 Å². The van der Waals surface area contributed by atoms with Crippen LogP contribution in [0.3, 0.4) is 0 Å². The summed E-state index contributed by atoms with van der Waals surface area (Å²) in [4.78, 5) is 5.08. The summed E-state index contributed by atoms with van der Waals surface area (Å²) in [7, 11) is 0. The molecule has 0 bridgehead atoms. The Labute approximate surface area is 199 Å². The molecule has 0 atom stereocenters. The number of aromatic nitrogens is 2. The maximum Gasteiger partial charge on any atom is 0.145 e. The molecule has 0 saturated carbocycles. The molecule has 1 aromatic heterocycles. The molecule has 164 valence electrons. The van der Waals surface area contributed by atoms with Crippen LogP contribution in [0.1, 0.15) is 53.4 Å². The highest BCUT2D eigenvalue weighted by Crippen LogP contribution is 2.37. The summed E-state index contributed by atoms with van der Waals surface area (Å²) in [5.74, 6) is -0.901. The zero-order valence-corrected chi connectivity index (χ0v) is 19.6. The van der Waals surface area contributed by atoms with E-state index < -0.39 is 11.8 Å².